The first kappa shape index (κ1) is 20.3. The Labute approximate surface area is 138 Å². The van der Waals surface area contributed by atoms with Gasteiger partial charge >= 0.3 is 0 Å². The van der Waals surface area contributed by atoms with E-state index in [2.05, 4.69) is 25.7 Å². The van der Waals surface area contributed by atoms with E-state index < -0.39 is 24.1 Å². The van der Waals surface area contributed by atoms with Crippen LogP contribution in [0, 0.1) is 0 Å². The summed E-state index contributed by atoms with van der Waals surface area (Å²) in [4.78, 5) is 5.12. The average Bonchev–Trinajstić information content (AvgIpc) is 2.83. The third-order valence-corrected chi connectivity index (χ3v) is 3.87. The van der Waals surface area contributed by atoms with E-state index >= 15 is 0 Å². The molecule has 7 nitrogen and oxygen atoms in total. The van der Waals surface area contributed by atoms with Crippen molar-refractivity contribution in [2.75, 3.05) is 33.5 Å². The smallest absolute Gasteiger partial charge is 0.186 e. The van der Waals surface area contributed by atoms with Crippen LogP contribution in [0.1, 0.15) is 39.5 Å². The molecule has 1 saturated heterocycles. The van der Waals surface area contributed by atoms with Crippen LogP contribution in [0.25, 0.3) is 0 Å². The molecule has 0 saturated carbocycles. The highest BCUT2D eigenvalue weighted by Gasteiger charge is 2.57. The molecule has 0 aromatic heterocycles. The highest BCUT2D eigenvalue weighted by atomic mass is 16.7. The van der Waals surface area contributed by atoms with Crippen molar-refractivity contribution < 1.29 is 28.9 Å². The van der Waals surface area contributed by atoms with Crippen LogP contribution in [-0.4, -0.2) is 69.5 Å². The van der Waals surface area contributed by atoms with E-state index in [-0.39, 0.29) is 13.2 Å². The summed E-state index contributed by atoms with van der Waals surface area (Å²) in [5.41, 5.74) is -0.969. The van der Waals surface area contributed by atoms with Crippen molar-refractivity contribution >= 4 is 6.72 Å². The Bertz CT molecular complexity index is 330. The molecule has 23 heavy (non-hydrogen) atoms. The molecule has 7 heteroatoms. The van der Waals surface area contributed by atoms with Gasteiger partial charge in [0.15, 0.2) is 18.5 Å². The molecule has 1 aliphatic heterocycles. The summed E-state index contributed by atoms with van der Waals surface area (Å²) < 4.78 is 22.7. The van der Waals surface area contributed by atoms with Gasteiger partial charge in [-0.15, -0.1) is 5.16 Å². The van der Waals surface area contributed by atoms with Gasteiger partial charge in [-0.2, -0.15) is 0 Å². The first-order chi connectivity index (χ1) is 11.1. The molecule has 0 aromatic carbocycles. The van der Waals surface area contributed by atoms with Crippen LogP contribution in [0.2, 0.25) is 0 Å². The van der Waals surface area contributed by atoms with Crippen LogP contribution in [0.15, 0.2) is 5.16 Å². The molecule has 1 N–H and O–H groups in total. The largest absolute Gasteiger partial charge is 0.393 e. The fraction of sp³-hybridized carbons (Fsp3) is 0.938. The minimum atomic E-state index is -0.969. The number of hydrogen-bond donors (Lipinski definition) is 1. The molecule has 1 fully saturated rings. The highest BCUT2D eigenvalue weighted by molar-refractivity contribution is 5.21. The van der Waals surface area contributed by atoms with E-state index in [0.29, 0.717) is 13.2 Å². The van der Waals surface area contributed by atoms with Gasteiger partial charge in [0.2, 0.25) is 0 Å². The molecule has 1 rings (SSSR count). The van der Waals surface area contributed by atoms with Gasteiger partial charge in [0, 0.05) is 27.0 Å². The molecule has 1 unspecified atom stereocenters. The SMILES string of the molecule is C=NOC[C@]1(COCCCC)OC(OC)[C@H](O)[C@@H]1OCCCC. The molecule has 0 bridgehead atoms. The minimum Gasteiger partial charge on any atom is -0.393 e. The summed E-state index contributed by atoms with van der Waals surface area (Å²) in [5, 5.41) is 13.9. The van der Waals surface area contributed by atoms with E-state index in [4.69, 9.17) is 23.8 Å². The van der Waals surface area contributed by atoms with Crippen molar-refractivity contribution in [3.05, 3.63) is 0 Å². The Balaban J connectivity index is 2.82. The van der Waals surface area contributed by atoms with Gasteiger partial charge in [0.25, 0.3) is 0 Å². The van der Waals surface area contributed by atoms with Gasteiger partial charge in [0.1, 0.15) is 12.2 Å². The molecule has 136 valence electrons. The molecule has 0 radical (unpaired) electrons. The molecule has 0 spiro atoms. The Morgan fingerprint density at radius 1 is 1.17 bits per heavy atom. The second-order valence-corrected chi connectivity index (χ2v) is 5.73. The number of ether oxygens (including phenoxy) is 4. The van der Waals surface area contributed by atoms with E-state index in [9.17, 15) is 5.11 Å². The van der Waals surface area contributed by atoms with Crippen molar-refractivity contribution in [3.8, 4) is 0 Å². The standard InChI is InChI=1S/C16H31NO6/c1-5-7-9-20-11-16(12-22-17-3)14(21-10-8-6-2)13(18)15(19-4)23-16/h13-15,18H,3,5-12H2,1-2,4H3/t13-,14+,15?,16+/m1/s1. The minimum absolute atomic E-state index is 0.0797. The normalized spacial score (nSPS) is 30.5. The first-order valence-corrected chi connectivity index (χ1v) is 8.31. The Hall–Kier alpha value is -0.730. The van der Waals surface area contributed by atoms with Gasteiger partial charge in [-0.1, -0.05) is 26.7 Å². The molecule has 0 aromatic rings. The maximum Gasteiger partial charge on any atom is 0.186 e. The number of oxime groups is 1. The average molecular weight is 333 g/mol. The predicted molar refractivity (Wildman–Crippen MR) is 86.5 cm³/mol. The van der Waals surface area contributed by atoms with E-state index in [1.54, 1.807) is 0 Å². The van der Waals surface area contributed by atoms with Crippen LogP contribution in [-0.2, 0) is 23.8 Å². The summed E-state index contributed by atoms with van der Waals surface area (Å²) in [6, 6.07) is 0. The van der Waals surface area contributed by atoms with Crippen LogP contribution in [0.5, 0.6) is 0 Å². The van der Waals surface area contributed by atoms with E-state index in [0.717, 1.165) is 25.7 Å². The monoisotopic (exact) mass is 333 g/mol. The fourth-order valence-corrected chi connectivity index (χ4v) is 2.53. The maximum absolute atomic E-state index is 10.5. The fourth-order valence-electron chi connectivity index (χ4n) is 2.53. The predicted octanol–water partition coefficient (Wildman–Crippen LogP) is 1.72. The summed E-state index contributed by atoms with van der Waals surface area (Å²) in [6.45, 7) is 8.94. The van der Waals surface area contributed by atoms with Crippen LogP contribution >= 0.6 is 0 Å². The summed E-state index contributed by atoms with van der Waals surface area (Å²) in [7, 11) is 1.48. The molecule has 1 heterocycles. The van der Waals surface area contributed by atoms with E-state index in [1.807, 2.05) is 0 Å². The molecule has 4 atom stereocenters. The van der Waals surface area contributed by atoms with Gasteiger partial charge in [-0.3, -0.25) is 0 Å². The Morgan fingerprint density at radius 2 is 1.87 bits per heavy atom. The van der Waals surface area contributed by atoms with Gasteiger partial charge < -0.3 is 28.9 Å². The van der Waals surface area contributed by atoms with Crippen molar-refractivity contribution in [1.82, 2.24) is 0 Å². The molecule has 0 amide bonds. The van der Waals surface area contributed by atoms with Gasteiger partial charge in [-0.25, -0.2) is 0 Å². The number of aliphatic hydroxyl groups is 1. The quantitative estimate of drug-likeness (QED) is 0.314. The number of methoxy groups -OCH3 is 1. The lowest BCUT2D eigenvalue weighted by molar-refractivity contribution is -0.213. The number of hydrogen-bond acceptors (Lipinski definition) is 7. The summed E-state index contributed by atoms with van der Waals surface area (Å²) >= 11 is 0. The van der Waals surface area contributed by atoms with Crippen LogP contribution in [0.3, 0.4) is 0 Å². The van der Waals surface area contributed by atoms with Gasteiger partial charge in [-0.05, 0) is 12.8 Å². The molecule has 0 aliphatic carbocycles. The topological polar surface area (TPSA) is 78.7 Å². The second kappa shape index (κ2) is 10.9. The number of unbranched alkanes of at least 4 members (excludes halogenated alkanes) is 2. The number of nitrogens with zero attached hydrogens (tertiary/aromatic N) is 1. The van der Waals surface area contributed by atoms with Crippen molar-refractivity contribution in [3.63, 3.8) is 0 Å². The zero-order chi connectivity index (χ0) is 17.1. The third-order valence-electron chi connectivity index (χ3n) is 3.87. The highest BCUT2D eigenvalue weighted by Crippen LogP contribution is 2.35. The first-order valence-electron chi connectivity index (χ1n) is 8.31. The number of aliphatic hydroxyl groups excluding tert-OH is 1. The Kier molecular flexibility index (Phi) is 9.66. The second-order valence-electron chi connectivity index (χ2n) is 5.73. The van der Waals surface area contributed by atoms with Crippen LogP contribution < -0.4 is 0 Å². The van der Waals surface area contributed by atoms with Gasteiger partial charge in [0.05, 0.1) is 6.61 Å². The molecular weight excluding hydrogens is 302 g/mol. The summed E-state index contributed by atoms with van der Waals surface area (Å²) in [5.74, 6) is 0. The lowest BCUT2D eigenvalue weighted by Crippen LogP contribution is -2.52. The zero-order valence-electron chi connectivity index (χ0n) is 14.5. The maximum atomic E-state index is 10.5. The van der Waals surface area contributed by atoms with Crippen LogP contribution in [0.4, 0.5) is 0 Å². The lowest BCUT2D eigenvalue weighted by Gasteiger charge is -2.32. The third kappa shape index (κ3) is 5.69. The van der Waals surface area contributed by atoms with Crippen molar-refractivity contribution in [2.45, 2.75) is 63.6 Å². The lowest BCUT2D eigenvalue weighted by atomic mass is 9.96. The molecular formula is C16H31NO6. The Morgan fingerprint density at radius 3 is 2.48 bits per heavy atom. The van der Waals surface area contributed by atoms with E-state index in [1.165, 1.54) is 7.11 Å². The molecule has 1 aliphatic rings. The zero-order valence-corrected chi connectivity index (χ0v) is 14.5. The van der Waals surface area contributed by atoms with Crippen molar-refractivity contribution in [1.29, 1.82) is 0 Å². The number of rotatable bonds is 13. The van der Waals surface area contributed by atoms with Crippen molar-refractivity contribution in [2.24, 2.45) is 5.16 Å². The summed E-state index contributed by atoms with van der Waals surface area (Å²) in [6.07, 6.45) is 1.58.